The van der Waals surface area contributed by atoms with Crippen LogP contribution >= 0.6 is 0 Å². The number of methoxy groups -OCH3 is 2. The van der Waals surface area contributed by atoms with Crippen molar-refractivity contribution in [3.8, 4) is 11.5 Å². The van der Waals surface area contributed by atoms with E-state index >= 15 is 0 Å². The highest BCUT2D eigenvalue weighted by Crippen LogP contribution is 2.42. The van der Waals surface area contributed by atoms with Gasteiger partial charge in [-0.05, 0) is 31.0 Å². The Morgan fingerprint density at radius 1 is 1.12 bits per heavy atom. The van der Waals surface area contributed by atoms with E-state index in [9.17, 15) is 0 Å². The van der Waals surface area contributed by atoms with Crippen molar-refractivity contribution in [3.05, 3.63) is 35.2 Å². The second-order valence-electron chi connectivity index (χ2n) is 5.92. The lowest BCUT2D eigenvalue weighted by Gasteiger charge is -2.13. The van der Waals surface area contributed by atoms with E-state index in [2.05, 4.69) is 20.3 Å². The van der Waals surface area contributed by atoms with Gasteiger partial charge in [0.1, 0.15) is 17.2 Å². The number of nitrogen functional groups attached to an aromatic ring is 1. The van der Waals surface area contributed by atoms with Crippen LogP contribution in [0.1, 0.15) is 23.0 Å². The van der Waals surface area contributed by atoms with Gasteiger partial charge < -0.3 is 25.5 Å². The molecule has 3 heterocycles. The SMILES string of the molecule is COc1cc2c(cc1OC)NC(c1cc(N)nc3[nH]c(C)nc13)C2. The summed E-state index contributed by atoms with van der Waals surface area (Å²) in [5.74, 6) is 2.74. The maximum atomic E-state index is 5.97. The number of fused-ring (bicyclic) bond motifs is 2. The zero-order valence-electron chi connectivity index (χ0n) is 13.8. The molecule has 0 radical (unpaired) electrons. The number of hydrogen-bond acceptors (Lipinski definition) is 6. The number of aromatic nitrogens is 3. The van der Waals surface area contributed by atoms with Crippen LogP contribution in [0.15, 0.2) is 18.2 Å². The minimum absolute atomic E-state index is 0.0762. The molecule has 1 unspecified atom stereocenters. The number of anilines is 2. The van der Waals surface area contributed by atoms with Crippen LogP contribution in [0, 0.1) is 6.92 Å². The topological polar surface area (TPSA) is 98.1 Å². The van der Waals surface area contributed by atoms with Gasteiger partial charge in [0.2, 0.25) is 0 Å². The number of aromatic amines is 1. The smallest absolute Gasteiger partial charge is 0.162 e. The van der Waals surface area contributed by atoms with Gasteiger partial charge in [-0.3, -0.25) is 0 Å². The van der Waals surface area contributed by atoms with E-state index in [1.54, 1.807) is 14.2 Å². The molecule has 0 saturated heterocycles. The average Bonchev–Trinajstić information content (AvgIpc) is 3.14. The number of aryl methyl sites for hydroxylation is 1. The Labute approximate surface area is 139 Å². The lowest BCUT2D eigenvalue weighted by molar-refractivity contribution is 0.355. The molecule has 0 spiro atoms. The number of nitrogens with one attached hydrogen (secondary N) is 2. The van der Waals surface area contributed by atoms with Crippen molar-refractivity contribution in [2.75, 3.05) is 25.3 Å². The number of rotatable bonds is 3. The Bertz CT molecular complexity index is 901. The minimum Gasteiger partial charge on any atom is -0.493 e. The quantitative estimate of drug-likeness (QED) is 0.684. The Morgan fingerprint density at radius 2 is 1.88 bits per heavy atom. The van der Waals surface area contributed by atoms with Crippen molar-refractivity contribution >= 4 is 22.7 Å². The minimum atomic E-state index is 0.0762. The van der Waals surface area contributed by atoms with Gasteiger partial charge in [0, 0.05) is 17.3 Å². The summed E-state index contributed by atoms with van der Waals surface area (Å²) in [6, 6.07) is 5.94. The van der Waals surface area contributed by atoms with Crippen LogP contribution in [0.3, 0.4) is 0 Å². The van der Waals surface area contributed by atoms with E-state index in [4.69, 9.17) is 15.2 Å². The maximum absolute atomic E-state index is 5.97. The van der Waals surface area contributed by atoms with Gasteiger partial charge in [0.05, 0.1) is 20.3 Å². The van der Waals surface area contributed by atoms with Gasteiger partial charge in [0.25, 0.3) is 0 Å². The third kappa shape index (κ3) is 2.20. The highest BCUT2D eigenvalue weighted by Gasteiger charge is 2.27. The van der Waals surface area contributed by atoms with Crippen LogP contribution in [0.2, 0.25) is 0 Å². The molecule has 7 heteroatoms. The van der Waals surface area contributed by atoms with Crippen LogP contribution in [-0.4, -0.2) is 29.2 Å². The summed E-state index contributed by atoms with van der Waals surface area (Å²) in [5, 5.41) is 3.53. The fourth-order valence-corrected chi connectivity index (χ4v) is 3.29. The monoisotopic (exact) mass is 325 g/mol. The van der Waals surface area contributed by atoms with Crippen molar-refractivity contribution < 1.29 is 9.47 Å². The maximum Gasteiger partial charge on any atom is 0.162 e. The molecule has 7 nitrogen and oxygen atoms in total. The molecule has 1 aliphatic heterocycles. The average molecular weight is 325 g/mol. The number of ether oxygens (including phenoxy) is 2. The Hall–Kier alpha value is -2.96. The third-order valence-corrected chi connectivity index (χ3v) is 4.36. The molecular weight excluding hydrogens is 306 g/mol. The van der Waals surface area contributed by atoms with Crippen LogP contribution in [-0.2, 0) is 6.42 Å². The zero-order valence-corrected chi connectivity index (χ0v) is 13.8. The van der Waals surface area contributed by atoms with Crippen molar-refractivity contribution in [2.24, 2.45) is 0 Å². The van der Waals surface area contributed by atoms with Crippen LogP contribution in [0.25, 0.3) is 11.2 Å². The predicted octanol–water partition coefficient (Wildman–Crippen LogP) is 2.58. The van der Waals surface area contributed by atoms with Gasteiger partial charge in [-0.15, -0.1) is 0 Å². The third-order valence-electron chi connectivity index (χ3n) is 4.36. The molecule has 2 aromatic heterocycles. The van der Waals surface area contributed by atoms with Gasteiger partial charge in [-0.25, -0.2) is 9.97 Å². The molecule has 24 heavy (non-hydrogen) atoms. The highest BCUT2D eigenvalue weighted by atomic mass is 16.5. The number of benzene rings is 1. The van der Waals surface area contributed by atoms with Gasteiger partial charge in [0.15, 0.2) is 17.1 Å². The van der Waals surface area contributed by atoms with E-state index in [1.165, 1.54) is 5.56 Å². The predicted molar refractivity (Wildman–Crippen MR) is 92.7 cm³/mol. The molecule has 0 amide bonds. The van der Waals surface area contributed by atoms with Crippen molar-refractivity contribution in [2.45, 2.75) is 19.4 Å². The van der Waals surface area contributed by atoms with Crippen LogP contribution in [0.4, 0.5) is 11.5 Å². The molecule has 1 atom stereocenters. The molecule has 4 rings (SSSR count). The van der Waals surface area contributed by atoms with E-state index in [1.807, 2.05) is 25.1 Å². The summed E-state index contributed by atoms with van der Waals surface area (Å²) in [6.45, 7) is 1.91. The number of nitrogens with two attached hydrogens (primary N) is 1. The van der Waals surface area contributed by atoms with E-state index in [-0.39, 0.29) is 6.04 Å². The number of pyridine rings is 1. The normalized spacial score (nSPS) is 16.0. The summed E-state index contributed by atoms with van der Waals surface area (Å²) < 4.78 is 10.8. The second-order valence-corrected chi connectivity index (χ2v) is 5.92. The molecular formula is C17H19N5O2. The second kappa shape index (κ2) is 5.30. The Kier molecular flexibility index (Phi) is 3.23. The van der Waals surface area contributed by atoms with Crippen molar-refractivity contribution in [3.63, 3.8) is 0 Å². The van der Waals surface area contributed by atoms with E-state index in [0.717, 1.165) is 40.4 Å². The van der Waals surface area contributed by atoms with Crippen LogP contribution in [0.5, 0.6) is 11.5 Å². The largest absolute Gasteiger partial charge is 0.493 e. The lowest BCUT2D eigenvalue weighted by atomic mass is 10.0. The molecule has 0 fully saturated rings. The Balaban J connectivity index is 1.77. The molecule has 1 aliphatic rings. The zero-order chi connectivity index (χ0) is 16.8. The molecule has 124 valence electrons. The fraction of sp³-hybridized carbons (Fsp3) is 0.294. The standard InChI is InChI=1S/C17H19N5O2/c1-8-19-16-10(6-15(18)22-17(16)20-8)12-4-9-5-13(23-2)14(24-3)7-11(9)21-12/h5-7,12,21H,4H2,1-3H3,(H3,18,19,20,22). The first-order chi connectivity index (χ1) is 11.6. The molecule has 4 N–H and O–H groups in total. The molecule has 0 aliphatic carbocycles. The number of imidazole rings is 1. The van der Waals surface area contributed by atoms with Gasteiger partial charge >= 0.3 is 0 Å². The van der Waals surface area contributed by atoms with Gasteiger partial charge in [-0.2, -0.15) is 0 Å². The van der Waals surface area contributed by atoms with E-state index < -0.39 is 0 Å². The summed E-state index contributed by atoms with van der Waals surface area (Å²) in [7, 11) is 3.28. The molecule has 0 bridgehead atoms. The molecule has 1 aromatic carbocycles. The number of H-pyrrole nitrogens is 1. The summed E-state index contributed by atoms with van der Waals surface area (Å²) in [5.41, 5.74) is 10.8. The Morgan fingerprint density at radius 3 is 2.62 bits per heavy atom. The lowest BCUT2D eigenvalue weighted by Crippen LogP contribution is -2.08. The summed E-state index contributed by atoms with van der Waals surface area (Å²) in [4.78, 5) is 12.0. The summed E-state index contributed by atoms with van der Waals surface area (Å²) in [6.07, 6.45) is 0.820. The highest BCUT2D eigenvalue weighted by molar-refractivity contribution is 5.79. The fourth-order valence-electron chi connectivity index (χ4n) is 3.29. The molecule has 3 aromatic rings. The first-order valence-corrected chi connectivity index (χ1v) is 7.73. The van der Waals surface area contributed by atoms with E-state index in [0.29, 0.717) is 11.6 Å². The van der Waals surface area contributed by atoms with Crippen LogP contribution < -0.4 is 20.5 Å². The first kappa shape index (κ1) is 14.6. The molecule has 0 saturated carbocycles. The first-order valence-electron chi connectivity index (χ1n) is 7.73. The van der Waals surface area contributed by atoms with Crippen molar-refractivity contribution in [1.82, 2.24) is 15.0 Å². The number of hydrogen-bond donors (Lipinski definition) is 3. The summed E-state index contributed by atoms with van der Waals surface area (Å²) >= 11 is 0. The van der Waals surface area contributed by atoms with Gasteiger partial charge in [-0.1, -0.05) is 0 Å². The number of nitrogens with zero attached hydrogens (tertiary/aromatic N) is 2. The van der Waals surface area contributed by atoms with Crippen molar-refractivity contribution in [1.29, 1.82) is 0 Å².